The number of carbonyl (C=O) groups is 1. The lowest BCUT2D eigenvalue weighted by atomic mass is 9.78. The van der Waals surface area contributed by atoms with E-state index in [2.05, 4.69) is 19.2 Å². The molecule has 1 heterocycles. The molecule has 1 aliphatic heterocycles. The molecule has 19 heavy (non-hydrogen) atoms. The van der Waals surface area contributed by atoms with Gasteiger partial charge in [-0.3, -0.25) is 4.79 Å². The first-order valence-corrected chi connectivity index (χ1v) is 7.73. The van der Waals surface area contributed by atoms with Crippen LogP contribution in [-0.4, -0.2) is 30.7 Å². The lowest BCUT2D eigenvalue weighted by molar-refractivity contribution is -0.128. The molecule has 0 radical (unpaired) electrons. The van der Waals surface area contributed by atoms with Crippen LogP contribution in [-0.2, 0) is 9.53 Å². The Morgan fingerprint density at radius 3 is 2.79 bits per heavy atom. The summed E-state index contributed by atoms with van der Waals surface area (Å²) in [5.74, 6) is 0.753. The van der Waals surface area contributed by atoms with Crippen LogP contribution >= 0.6 is 0 Å². The molecule has 1 amide bonds. The number of amides is 1. The second-order valence-corrected chi connectivity index (χ2v) is 6.39. The maximum absolute atomic E-state index is 12.3. The standard InChI is InChI=1S/C15H28N2O2/c1-10-8-14(6-7-19-10)17-15(18)11(2)12-4-3-5-13(16)9-12/h10-14H,3-9,16H2,1-2H3,(H,17,18). The highest BCUT2D eigenvalue weighted by Crippen LogP contribution is 2.29. The molecule has 0 aromatic carbocycles. The fourth-order valence-corrected chi connectivity index (χ4v) is 3.40. The van der Waals surface area contributed by atoms with Crippen molar-refractivity contribution in [2.24, 2.45) is 17.6 Å². The molecule has 2 rings (SSSR count). The second kappa shape index (κ2) is 6.71. The van der Waals surface area contributed by atoms with Crippen LogP contribution in [0.2, 0.25) is 0 Å². The Kier molecular flexibility index (Phi) is 5.22. The van der Waals surface area contributed by atoms with Crippen molar-refractivity contribution in [3.05, 3.63) is 0 Å². The highest BCUT2D eigenvalue weighted by Gasteiger charge is 2.30. The molecule has 0 spiro atoms. The van der Waals surface area contributed by atoms with Gasteiger partial charge in [0, 0.05) is 24.6 Å². The van der Waals surface area contributed by atoms with Crippen LogP contribution < -0.4 is 11.1 Å². The van der Waals surface area contributed by atoms with Crippen LogP contribution in [0.4, 0.5) is 0 Å². The van der Waals surface area contributed by atoms with Gasteiger partial charge in [0.25, 0.3) is 0 Å². The summed E-state index contributed by atoms with van der Waals surface area (Å²) in [6, 6.07) is 0.577. The molecule has 1 saturated heterocycles. The molecule has 110 valence electrons. The van der Waals surface area contributed by atoms with Crippen molar-refractivity contribution in [2.45, 2.75) is 70.6 Å². The summed E-state index contributed by atoms with van der Waals surface area (Å²) in [7, 11) is 0. The number of nitrogens with two attached hydrogens (primary N) is 1. The number of nitrogens with one attached hydrogen (secondary N) is 1. The molecule has 2 fully saturated rings. The van der Waals surface area contributed by atoms with Crippen molar-refractivity contribution in [1.82, 2.24) is 5.32 Å². The van der Waals surface area contributed by atoms with Crippen LogP contribution in [0.3, 0.4) is 0 Å². The molecule has 1 aliphatic carbocycles. The third kappa shape index (κ3) is 4.18. The number of hydrogen-bond donors (Lipinski definition) is 2. The van der Waals surface area contributed by atoms with Crippen LogP contribution in [0.15, 0.2) is 0 Å². The monoisotopic (exact) mass is 268 g/mol. The van der Waals surface area contributed by atoms with Gasteiger partial charge in [0.15, 0.2) is 0 Å². The van der Waals surface area contributed by atoms with Crippen LogP contribution in [0.5, 0.6) is 0 Å². The molecule has 4 heteroatoms. The van der Waals surface area contributed by atoms with Crippen LogP contribution in [0, 0.1) is 11.8 Å². The molecule has 0 aromatic rings. The van der Waals surface area contributed by atoms with E-state index in [9.17, 15) is 4.79 Å². The van der Waals surface area contributed by atoms with Gasteiger partial charge in [-0.05, 0) is 44.9 Å². The minimum Gasteiger partial charge on any atom is -0.378 e. The molecule has 0 aromatic heterocycles. The Morgan fingerprint density at radius 2 is 2.11 bits per heavy atom. The van der Waals surface area contributed by atoms with Gasteiger partial charge >= 0.3 is 0 Å². The Morgan fingerprint density at radius 1 is 1.32 bits per heavy atom. The average molecular weight is 268 g/mol. The van der Waals surface area contributed by atoms with Crippen molar-refractivity contribution in [1.29, 1.82) is 0 Å². The number of carbonyl (C=O) groups excluding carboxylic acids is 1. The summed E-state index contributed by atoms with van der Waals surface area (Å²) in [5.41, 5.74) is 6.02. The van der Waals surface area contributed by atoms with E-state index >= 15 is 0 Å². The van der Waals surface area contributed by atoms with Gasteiger partial charge in [0.05, 0.1) is 6.10 Å². The van der Waals surface area contributed by atoms with Crippen molar-refractivity contribution in [3.63, 3.8) is 0 Å². The zero-order valence-electron chi connectivity index (χ0n) is 12.2. The first kappa shape index (κ1) is 14.8. The molecular weight excluding hydrogens is 240 g/mol. The number of hydrogen-bond acceptors (Lipinski definition) is 3. The van der Waals surface area contributed by atoms with E-state index in [4.69, 9.17) is 10.5 Å². The van der Waals surface area contributed by atoms with Crippen LogP contribution in [0.1, 0.15) is 52.4 Å². The minimum atomic E-state index is 0.0875. The van der Waals surface area contributed by atoms with Crippen molar-refractivity contribution >= 4 is 5.91 Å². The van der Waals surface area contributed by atoms with E-state index < -0.39 is 0 Å². The van der Waals surface area contributed by atoms with E-state index in [0.717, 1.165) is 45.1 Å². The van der Waals surface area contributed by atoms with Gasteiger partial charge in [-0.1, -0.05) is 13.3 Å². The van der Waals surface area contributed by atoms with E-state index in [1.807, 2.05) is 0 Å². The molecule has 0 bridgehead atoms. The topological polar surface area (TPSA) is 64.4 Å². The molecular formula is C15H28N2O2. The normalized spacial score (nSPS) is 37.6. The predicted octanol–water partition coefficient (Wildman–Crippen LogP) is 1.82. The first-order chi connectivity index (χ1) is 9.06. The number of rotatable bonds is 3. The Bertz CT molecular complexity index is 309. The summed E-state index contributed by atoms with van der Waals surface area (Å²) in [5, 5.41) is 3.20. The Hall–Kier alpha value is -0.610. The lowest BCUT2D eigenvalue weighted by Gasteiger charge is -2.33. The van der Waals surface area contributed by atoms with E-state index in [-0.39, 0.29) is 30.0 Å². The van der Waals surface area contributed by atoms with E-state index in [0.29, 0.717) is 5.92 Å². The zero-order valence-corrected chi connectivity index (χ0v) is 12.2. The Balaban J connectivity index is 1.81. The summed E-state index contributed by atoms with van der Waals surface area (Å²) in [6.45, 7) is 4.89. The van der Waals surface area contributed by atoms with Gasteiger partial charge in [-0.2, -0.15) is 0 Å². The number of ether oxygens (including phenoxy) is 1. The lowest BCUT2D eigenvalue weighted by Crippen LogP contribution is -2.45. The van der Waals surface area contributed by atoms with Gasteiger partial charge in [0.1, 0.15) is 0 Å². The van der Waals surface area contributed by atoms with Gasteiger partial charge in [-0.15, -0.1) is 0 Å². The fraction of sp³-hybridized carbons (Fsp3) is 0.933. The predicted molar refractivity (Wildman–Crippen MR) is 75.7 cm³/mol. The summed E-state index contributed by atoms with van der Waals surface area (Å²) in [4.78, 5) is 12.3. The second-order valence-electron chi connectivity index (χ2n) is 6.39. The van der Waals surface area contributed by atoms with E-state index in [1.165, 1.54) is 0 Å². The fourth-order valence-electron chi connectivity index (χ4n) is 3.40. The first-order valence-electron chi connectivity index (χ1n) is 7.73. The minimum absolute atomic E-state index is 0.0875. The van der Waals surface area contributed by atoms with Crippen LogP contribution in [0.25, 0.3) is 0 Å². The molecule has 3 N–H and O–H groups in total. The largest absolute Gasteiger partial charge is 0.378 e. The maximum atomic E-state index is 12.3. The summed E-state index contributed by atoms with van der Waals surface area (Å²) < 4.78 is 5.51. The summed E-state index contributed by atoms with van der Waals surface area (Å²) >= 11 is 0. The molecule has 5 unspecified atom stereocenters. The zero-order chi connectivity index (χ0) is 13.8. The third-order valence-electron chi connectivity index (χ3n) is 4.71. The summed E-state index contributed by atoms with van der Waals surface area (Å²) in [6.07, 6.45) is 6.55. The highest BCUT2D eigenvalue weighted by atomic mass is 16.5. The van der Waals surface area contributed by atoms with Crippen molar-refractivity contribution < 1.29 is 9.53 Å². The maximum Gasteiger partial charge on any atom is 0.223 e. The quantitative estimate of drug-likeness (QED) is 0.820. The molecule has 2 aliphatic rings. The highest BCUT2D eigenvalue weighted by molar-refractivity contribution is 5.78. The third-order valence-corrected chi connectivity index (χ3v) is 4.71. The molecule has 5 atom stereocenters. The SMILES string of the molecule is CC1CC(NC(=O)C(C)C2CCCC(N)C2)CCO1. The molecule has 4 nitrogen and oxygen atoms in total. The smallest absolute Gasteiger partial charge is 0.223 e. The van der Waals surface area contributed by atoms with Crippen molar-refractivity contribution in [3.8, 4) is 0 Å². The van der Waals surface area contributed by atoms with Gasteiger partial charge < -0.3 is 15.8 Å². The molecule has 1 saturated carbocycles. The van der Waals surface area contributed by atoms with Gasteiger partial charge in [-0.25, -0.2) is 0 Å². The van der Waals surface area contributed by atoms with Crippen molar-refractivity contribution in [2.75, 3.05) is 6.61 Å². The Labute approximate surface area is 116 Å². The van der Waals surface area contributed by atoms with Gasteiger partial charge in [0.2, 0.25) is 5.91 Å². The van der Waals surface area contributed by atoms with E-state index in [1.54, 1.807) is 0 Å². The average Bonchev–Trinajstić information content (AvgIpc) is 2.38.